The molecule has 1 aromatic carbocycles. The van der Waals surface area contributed by atoms with Gasteiger partial charge in [0, 0.05) is 17.8 Å². The number of aromatic nitrogens is 2. The van der Waals surface area contributed by atoms with Crippen LogP contribution in [0.4, 0.5) is 5.69 Å². The van der Waals surface area contributed by atoms with Crippen molar-refractivity contribution in [3.63, 3.8) is 0 Å². The van der Waals surface area contributed by atoms with Crippen LogP contribution in [0.5, 0.6) is 0 Å². The Morgan fingerprint density at radius 2 is 2.00 bits per heavy atom. The maximum atomic E-state index is 12.7. The summed E-state index contributed by atoms with van der Waals surface area (Å²) >= 11 is 0. The van der Waals surface area contributed by atoms with Gasteiger partial charge in [0.1, 0.15) is 12.4 Å². The van der Waals surface area contributed by atoms with Crippen LogP contribution >= 0.6 is 0 Å². The summed E-state index contributed by atoms with van der Waals surface area (Å²) in [4.78, 5) is 31.5. The van der Waals surface area contributed by atoms with E-state index in [0.29, 0.717) is 12.4 Å². The van der Waals surface area contributed by atoms with E-state index < -0.39 is 0 Å². The number of likely N-dealkylation sites (N-methyl/N-ethyl adjacent to an activating group) is 1. The number of hydrogen-bond donors (Lipinski definition) is 0. The van der Waals surface area contributed by atoms with E-state index in [0.717, 1.165) is 36.2 Å². The normalized spacial score (nSPS) is 13.0. The van der Waals surface area contributed by atoms with Gasteiger partial charge in [-0.3, -0.25) is 14.2 Å². The summed E-state index contributed by atoms with van der Waals surface area (Å²) in [5, 5.41) is 0. The van der Waals surface area contributed by atoms with E-state index in [1.807, 2.05) is 37.3 Å². The van der Waals surface area contributed by atoms with Gasteiger partial charge < -0.3 is 4.90 Å². The molecule has 0 radical (unpaired) electrons. The topological polar surface area (TPSA) is 55.2 Å². The number of anilines is 1. The van der Waals surface area contributed by atoms with E-state index in [-0.39, 0.29) is 18.0 Å². The second kappa shape index (κ2) is 6.36. The molecular formula is C18H21N3O2. The van der Waals surface area contributed by atoms with E-state index in [2.05, 4.69) is 4.98 Å². The lowest BCUT2D eigenvalue weighted by atomic mass is 10.2. The zero-order valence-electron chi connectivity index (χ0n) is 13.6. The lowest BCUT2D eigenvalue weighted by Gasteiger charge is -2.22. The van der Waals surface area contributed by atoms with Gasteiger partial charge >= 0.3 is 0 Å². The van der Waals surface area contributed by atoms with E-state index >= 15 is 0 Å². The van der Waals surface area contributed by atoms with Gasteiger partial charge in [-0.15, -0.1) is 0 Å². The van der Waals surface area contributed by atoms with Crippen molar-refractivity contribution < 1.29 is 4.79 Å². The molecule has 1 aromatic heterocycles. The first-order valence-electron chi connectivity index (χ1n) is 8.06. The summed E-state index contributed by atoms with van der Waals surface area (Å²) in [6.07, 6.45) is 2.61. The Morgan fingerprint density at radius 1 is 1.26 bits per heavy atom. The molecule has 1 heterocycles. The number of benzene rings is 1. The Hall–Kier alpha value is -2.43. The Morgan fingerprint density at radius 3 is 2.70 bits per heavy atom. The number of amides is 1. The van der Waals surface area contributed by atoms with Crippen LogP contribution in [0.25, 0.3) is 0 Å². The van der Waals surface area contributed by atoms with Crippen molar-refractivity contribution >= 4 is 11.6 Å². The summed E-state index contributed by atoms with van der Waals surface area (Å²) in [6.45, 7) is 4.33. The average molecular weight is 311 g/mol. The van der Waals surface area contributed by atoms with Gasteiger partial charge in [0.25, 0.3) is 5.56 Å². The third kappa shape index (κ3) is 2.91. The number of hydrogen-bond acceptors (Lipinski definition) is 3. The molecule has 0 aliphatic heterocycles. The van der Waals surface area contributed by atoms with Crippen molar-refractivity contribution in [1.82, 2.24) is 9.55 Å². The molecule has 0 atom stereocenters. The van der Waals surface area contributed by atoms with Gasteiger partial charge in [-0.05, 0) is 45.2 Å². The van der Waals surface area contributed by atoms with Crippen LogP contribution in [0, 0.1) is 6.92 Å². The van der Waals surface area contributed by atoms with E-state index in [9.17, 15) is 9.59 Å². The van der Waals surface area contributed by atoms with Crippen LogP contribution in [0.1, 0.15) is 30.4 Å². The minimum absolute atomic E-state index is 0.0354. The SMILES string of the molecule is CCN(C(=O)Cn1c(C)nc2c(c1=O)CCC2)c1ccccc1. The quantitative estimate of drug-likeness (QED) is 0.869. The second-order valence-corrected chi connectivity index (χ2v) is 5.80. The van der Waals surface area contributed by atoms with Crippen molar-refractivity contribution in [3.05, 3.63) is 57.8 Å². The van der Waals surface area contributed by atoms with Crippen LogP contribution in [0.3, 0.4) is 0 Å². The van der Waals surface area contributed by atoms with Gasteiger partial charge in [0.2, 0.25) is 5.91 Å². The molecule has 5 nitrogen and oxygen atoms in total. The standard InChI is InChI=1S/C18H21N3O2/c1-3-20(14-8-5-4-6-9-14)17(22)12-21-13(2)19-16-11-7-10-15(16)18(21)23/h4-6,8-9H,3,7,10-12H2,1-2H3. The molecule has 1 aliphatic rings. The summed E-state index contributed by atoms with van der Waals surface area (Å²) in [7, 11) is 0. The van der Waals surface area contributed by atoms with Crippen molar-refractivity contribution in [1.29, 1.82) is 0 Å². The fraction of sp³-hybridized carbons (Fsp3) is 0.389. The molecule has 23 heavy (non-hydrogen) atoms. The lowest BCUT2D eigenvalue weighted by Crippen LogP contribution is -2.38. The van der Waals surface area contributed by atoms with Crippen molar-refractivity contribution in [3.8, 4) is 0 Å². The number of para-hydroxylation sites is 1. The van der Waals surface area contributed by atoms with Gasteiger partial charge in [-0.25, -0.2) is 4.98 Å². The number of carbonyl (C=O) groups excluding carboxylic acids is 1. The molecule has 0 fully saturated rings. The van der Waals surface area contributed by atoms with Gasteiger partial charge in [-0.1, -0.05) is 18.2 Å². The van der Waals surface area contributed by atoms with E-state index in [1.54, 1.807) is 11.8 Å². The maximum absolute atomic E-state index is 12.7. The minimum atomic E-state index is -0.0938. The summed E-state index contributed by atoms with van der Waals surface area (Å²) < 4.78 is 1.51. The zero-order valence-corrected chi connectivity index (χ0v) is 13.6. The van der Waals surface area contributed by atoms with Crippen molar-refractivity contribution in [2.75, 3.05) is 11.4 Å². The molecule has 3 rings (SSSR count). The number of aryl methyl sites for hydroxylation is 2. The van der Waals surface area contributed by atoms with Gasteiger partial charge in [0.15, 0.2) is 0 Å². The average Bonchev–Trinajstić information content (AvgIpc) is 3.01. The van der Waals surface area contributed by atoms with Crippen molar-refractivity contribution in [2.24, 2.45) is 0 Å². The van der Waals surface area contributed by atoms with E-state index in [4.69, 9.17) is 0 Å². The molecule has 0 spiro atoms. The first-order valence-corrected chi connectivity index (χ1v) is 8.06. The van der Waals surface area contributed by atoms with Gasteiger partial charge in [-0.2, -0.15) is 0 Å². The van der Waals surface area contributed by atoms with E-state index in [1.165, 1.54) is 4.57 Å². The van der Waals surface area contributed by atoms with Crippen LogP contribution in [0.15, 0.2) is 35.1 Å². The predicted molar refractivity (Wildman–Crippen MR) is 89.7 cm³/mol. The highest BCUT2D eigenvalue weighted by molar-refractivity contribution is 5.93. The lowest BCUT2D eigenvalue weighted by molar-refractivity contribution is -0.119. The zero-order chi connectivity index (χ0) is 16.4. The van der Waals surface area contributed by atoms with Crippen LogP contribution in [-0.4, -0.2) is 22.0 Å². The van der Waals surface area contributed by atoms with Crippen LogP contribution in [0.2, 0.25) is 0 Å². The summed E-state index contributed by atoms with van der Waals surface area (Å²) in [6, 6.07) is 9.52. The number of nitrogens with zero attached hydrogens (tertiary/aromatic N) is 3. The van der Waals surface area contributed by atoms with Crippen LogP contribution < -0.4 is 10.5 Å². The minimum Gasteiger partial charge on any atom is -0.311 e. The highest BCUT2D eigenvalue weighted by atomic mass is 16.2. The highest BCUT2D eigenvalue weighted by Crippen LogP contribution is 2.17. The Kier molecular flexibility index (Phi) is 4.28. The molecule has 1 amide bonds. The molecule has 0 bridgehead atoms. The summed E-state index contributed by atoms with van der Waals surface area (Å²) in [5.74, 6) is 0.525. The largest absolute Gasteiger partial charge is 0.311 e. The van der Waals surface area contributed by atoms with Crippen molar-refractivity contribution in [2.45, 2.75) is 39.7 Å². The first kappa shape index (κ1) is 15.5. The molecule has 0 saturated carbocycles. The fourth-order valence-corrected chi connectivity index (χ4v) is 3.16. The summed E-state index contributed by atoms with van der Waals surface area (Å²) in [5.41, 5.74) is 2.49. The molecule has 120 valence electrons. The Labute approximate surface area is 135 Å². The second-order valence-electron chi connectivity index (χ2n) is 5.80. The number of carbonyl (C=O) groups is 1. The molecule has 5 heteroatoms. The predicted octanol–water partition coefficient (Wildman–Crippen LogP) is 2.09. The maximum Gasteiger partial charge on any atom is 0.257 e. The third-order valence-corrected chi connectivity index (χ3v) is 4.36. The third-order valence-electron chi connectivity index (χ3n) is 4.36. The Bertz CT molecular complexity index is 781. The molecule has 2 aromatic rings. The monoisotopic (exact) mass is 311 g/mol. The molecular weight excluding hydrogens is 290 g/mol. The fourth-order valence-electron chi connectivity index (χ4n) is 3.16. The molecule has 0 saturated heterocycles. The highest BCUT2D eigenvalue weighted by Gasteiger charge is 2.22. The Balaban J connectivity index is 1.90. The molecule has 0 N–H and O–H groups in total. The van der Waals surface area contributed by atoms with Gasteiger partial charge in [0.05, 0.1) is 5.69 Å². The number of fused-ring (bicyclic) bond motifs is 1. The smallest absolute Gasteiger partial charge is 0.257 e. The first-order chi connectivity index (χ1) is 11.1. The molecule has 1 aliphatic carbocycles. The van der Waals surface area contributed by atoms with Crippen LogP contribution in [-0.2, 0) is 24.2 Å². The number of rotatable bonds is 4. The molecule has 0 unspecified atom stereocenters.